The quantitative estimate of drug-likeness (QED) is 0.386. The molecule has 1 amide bonds. The fourth-order valence-corrected chi connectivity index (χ4v) is 4.46. The number of H-pyrrole nitrogens is 2. The number of alkyl halides is 2. The highest BCUT2D eigenvalue weighted by molar-refractivity contribution is 5.98. The molecule has 0 saturated heterocycles. The molecule has 2 aromatic carbocycles. The number of aromatic nitrogens is 2. The molecule has 0 unspecified atom stereocenters. The highest BCUT2D eigenvalue weighted by atomic mass is 19.3. The predicted octanol–water partition coefficient (Wildman–Crippen LogP) is 4.28. The molecule has 2 aromatic heterocycles. The van der Waals surface area contributed by atoms with Crippen molar-refractivity contribution in [1.29, 1.82) is 0 Å². The predicted molar refractivity (Wildman–Crippen MR) is 114 cm³/mol. The largest absolute Gasteiger partial charge is 0.351 e. The van der Waals surface area contributed by atoms with Gasteiger partial charge in [0.05, 0.1) is 17.0 Å². The van der Waals surface area contributed by atoms with E-state index in [1.54, 1.807) is 0 Å². The molecule has 6 nitrogen and oxygen atoms in total. The van der Waals surface area contributed by atoms with Crippen molar-refractivity contribution in [3.8, 4) is 0 Å². The van der Waals surface area contributed by atoms with Gasteiger partial charge in [0.25, 0.3) is 17.9 Å². The first kappa shape index (κ1) is 22.1. The fourth-order valence-electron chi connectivity index (χ4n) is 4.46. The van der Waals surface area contributed by atoms with E-state index >= 15 is 0 Å². The topological polar surface area (TPSA) is 81.0 Å². The van der Waals surface area contributed by atoms with Gasteiger partial charge in [-0.05, 0) is 35.7 Å². The van der Waals surface area contributed by atoms with Crippen molar-refractivity contribution < 1.29 is 26.7 Å². The van der Waals surface area contributed by atoms with Crippen molar-refractivity contribution in [2.75, 3.05) is 13.6 Å². The van der Waals surface area contributed by atoms with Gasteiger partial charge >= 0.3 is 0 Å². The molecule has 4 aromatic rings. The van der Waals surface area contributed by atoms with Crippen LogP contribution in [0.2, 0.25) is 0 Å². The van der Waals surface area contributed by atoms with Gasteiger partial charge in [0, 0.05) is 42.3 Å². The normalized spacial score (nSPS) is 15.8. The summed E-state index contributed by atoms with van der Waals surface area (Å²) in [4.78, 5) is 32.4. The van der Waals surface area contributed by atoms with Crippen molar-refractivity contribution in [2.24, 2.45) is 0 Å². The highest BCUT2D eigenvalue weighted by Crippen LogP contribution is 2.33. The number of fused-ring (bicyclic) bond motifs is 4. The molecule has 1 aliphatic heterocycles. The third-order valence-corrected chi connectivity index (χ3v) is 6.15. The van der Waals surface area contributed by atoms with E-state index in [4.69, 9.17) is 0 Å². The number of amides is 1. The monoisotopic (exact) mass is 476 g/mol. The van der Waals surface area contributed by atoms with E-state index in [1.807, 2.05) is 0 Å². The van der Waals surface area contributed by atoms with Crippen LogP contribution in [0.4, 0.5) is 22.0 Å². The number of benzene rings is 2. The molecule has 0 bridgehead atoms. The van der Waals surface area contributed by atoms with Gasteiger partial charge in [-0.1, -0.05) is 0 Å². The van der Waals surface area contributed by atoms with Gasteiger partial charge in [-0.15, -0.1) is 0 Å². The van der Waals surface area contributed by atoms with Crippen molar-refractivity contribution in [3.63, 3.8) is 0 Å². The van der Waals surface area contributed by atoms with Crippen molar-refractivity contribution in [1.82, 2.24) is 20.2 Å². The van der Waals surface area contributed by atoms with Crippen LogP contribution in [-0.2, 0) is 6.54 Å². The summed E-state index contributed by atoms with van der Waals surface area (Å²) >= 11 is 0. The van der Waals surface area contributed by atoms with Gasteiger partial charge in [-0.2, -0.15) is 0 Å². The Hall–Kier alpha value is -3.73. The van der Waals surface area contributed by atoms with Crippen LogP contribution in [0.5, 0.6) is 0 Å². The number of halogens is 5. The summed E-state index contributed by atoms with van der Waals surface area (Å²) in [6.07, 6.45) is -3.01. The number of hydrogen-bond donors (Lipinski definition) is 3. The van der Waals surface area contributed by atoms with E-state index in [9.17, 15) is 31.5 Å². The lowest BCUT2D eigenvalue weighted by atomic mass is 9.93. The SMILES string of the molecule is CN(C(=O)c1cc2cc(F)c(C(F)F)cc2[nH]1)[C@@H]1CNCc2[nH]c(=O)c3cc(F)c(F)cc3c21. The van der Waals surface area contributed by atoms with Crippen LogP contribution in [0.15, 0.2) is 35.1 Å². The third-order valence-electron chi connectivity index (χ3n) is 6.15. The van der Waals surface area contributed by atoms with Crippen LogP contribution in [0.1, 0.15) is 39.8 Å². The highest BCUT2D eigenvalue weighted by Gasteiger charge is 2.31. The molecule has 1 atom stereocenters. The molecule has 3 N–H and O–H groups in total. The molecule has 11 heteroatoms. The zero-order valence-corrected chi connectivity index (χ0v) is 17.6. The van der Waals surface area contributed by atoms with Gasteiger partial charge in [0.15, 0.2) is 11.6 Å². The molecular formula is C23H17F5N4O2. The molecule has 5 rings (SSSR count). The number of carbonyl (C=O) groups is 1. The summed E-state index contributed by atoms with van der Waals surface area (Å²) < 4.78 is 67.9. The first-order valence-electron chi connectivity index (χ1n) is 10.3. The van der Waals surface area contributed by atoms with Crippen LogP contribution < -0.4 is 10.9 Å². The number of rotatable bonds is 3. The summed E-state index contributed by atoms with van der Waals surface area (Å²) in [6, 6.07) is 4.31. The lowest BCUT2D eigenvalue weighted by Gasteiger charge is -2.34. The third kappa shape index (κ3) is 3.43. The minimum absolute atomic E-state index is 0.0291. The molecule has 3 heterocycles. The Morgan fingerprint density at radius 2 is 1.71 bits per heavy atom. The zero-order chi connectivity index (χ0) is 24.3. The van der Waals surface area contributed by atoms with E-state index in [0.717, 1.165) is 24.3 Å². The zero-order valence-electron chi connectivity index (χ0n) is 17.6. The van der Waals surface area contributed by atoms with E-state index in [2.05, 4.69) is 15.3 Å². The Morgan fingerprint density at radius 3 is 2.41 bits per heavy atom. The second-order valence-electron chi connectivity index (χ2n) is 8.17. The Balaban J connectivity index is 1.58. The van der Waals surface area contributed by atoms with Crippen LogP contribution in [-0.4, -0.2) is 34.4 Å². The molecule has 1 aliphatic rings. The molecule has 34 heavy (non-hydrogen) atoms. The number of nitrogens with zero attached hydrogens (tertiary/aromatic N) is 1. The molecule has 176 valence electrons. The van der Waals surface area contributed by atoms with E-state index in [1.165, 1.54) is 18.0 Å². The number of hydrogen-bond acceptors (Lipinski definition) is 3. The van der Waals surface area contributed by atoms with Crippen LogP contribution >= 0.6 is 0 Å². The Kier molecular flexibility index (Phi) is 5.16. The Labute approximate surface area is 188 Å². The Morgan fingerprint density at radius 1 is 1.00 bits per heavy atom. The summed E-state index contributed by atoms with van der Waals surface area (Å²) in [6.45, 7) is 0.500. The van der Waals surface area contributed by atoms with Crippen molar-refractivity contribution >= 4 is 27.6 Å². The smallest absolute Gasteiger partial charge is 0.270 e. The first-order chi connectivity index (χ1) is 16.2. The number of likely N-dealkylation sites (N-methyl/N-ethyl adjacent to an activating group) is 1. The average Bonchev–Trinajstić information content (AvgIpc) is 3.21. The Bertz CT molecular complexity index is 1530. The summed E-state index contributed by atoms with van der Waals surface area (Å²) in [5, 5.41) is 3.45. The van der Waals surface area contributed by atoms with E-state index in [0.29, 0.717) is 11.3 Å². The van der Waals surface area contributed by atoms with Crippen LogP contribution in [0.25, 0.3) is 21.7 Å². The van der Waals surface area contributed by atoms with Gasteiger partial charge in [0.1, 0.15) is 11.5 Å². The van der Waals surface area contributed by atoms with Crippen LogP contribution in [0.3, 0.4) is 0 Å². The van der Waals surface area contributed by atoms with Gasteiger partial charge in [0.2, 0.25) is 0 Å². The second-order valence-corrected chi connectivity index (χ2v) is 8.17. The minimum atomic E-state index is -3.01. The van der Waals surface area contributed by atoms with Gasteiger partial charge in [-0.3, -0.25) is 9.59 Å². The number of nitrogens with one attached hydrogen (secondary N) is 3. The molecule has 0 spiro atoms. The molecule has 0 saturated carbocycles. The fraction of sp³-hybridized carbons (Fsp3) is 0.217. The second kappa shape index (κ2) is 7.94. The minimum Gasteiger partial charge on any atom is -0.351 e. The van der Waals surface area contributed by atoms with Crippen LogP contribution in [0, 0.1) is 17.5 Å². The standard InChI is InChI=1S/C23H17F5N4O2/c1-32(23(34)17-3-9-2-13(24)12(21(27)28)6-16(9)30-17)19-8-29-7-18-20(19)10-4-14(25)15(26)5-11(10)22(33)31-18/h2-6,19,21,29-30H,7-8H2,1H3,(H,31,33)/t19-/m1/s1. The number of carbonyl (C=O) groups excluding carboxylic acids is 1. The number of aromatic amines is 2. The average molecular weight is 476 g/mol. The molecule has 0 radical (unpaired) electrons. The summed E-state index contributed by atoms with van der Waals surface area (Å²) in [7, 11) is 1.48. The first-order valence-corrected chi connectivity index (χ1v) is 10.3. The van der Waals surface area contributed by atoms with E-state index in [-0.39, 0.29) is 40.5 Å². The maximum absolute atomic E-state index is 14.1. The summed E-state index contributed by atoms with van der Waals surface area (Å²) in [5.41, 5.74) is -0.275. The van der Waals surface area contributed by atoms with Crippen molar-refractivity contribution in [2.45, 2.75) is 19.0 Å². The van der Waals surface area contributed by atoms with Gasteiger partial charge < -0.3 is 20.2 Å². The van der Waals surface area contributed by atoms with Gasteiger partial charge in [-0.25, -0.2) is 22.0 Å². The van der Waals surface area contributed by atoms with E-state index < -0.39 is 46.9 Å². The maximum atomic E-state index is 14.1. The maximum Gasteiger partial charge on any atom is 0.270 e. The van der Waals surface area contributed by atoms with Crippen molar-refractivity contribution in [3.05, 3.63) is 80.7 Å². The molecule has 0 aliphatic carbocycles. The lowest BCUT2D eigenvalue weighted by Crippen LogP contribution is -2.42. The number of pyridine rings is 1. The molecular weight excluding hydrogens is 459 g/mol. The molecule has 0 fully saturated rings. The summed E-state index contributed by atoms with van der Waals surface area (Å²) in [5.74, 6) is -3.92. The lowest BCUT2D eigenvalue weighted by molar-refractivity contribution is 0.0718.